The number of likely N-dealkylation sites (tertiary alicyclic amines) is 1. The molecule has 2 rings (SSSR count). The van der Waals surface area contributed by atoms with Crippen molar-refractivity contribution >= 4 is 30.1 Å². The summed E-state index contributed by atoms with van der Waals surface area (Å²) in [7, 11) is 0. The summed E-state index contributed by atoms with van der Waals surface area (Å²) >= 11 is 1.97. The Morgan fingerprint density at radius 2 is 2.14 bits per heavy atom. The van der Waals surface area contributed by atoms with Crippen LogP contribution in [0.3, 0.4) is 0 Å². The SMILES string of the molecule is CC(C)CC1CCCCCN1C(=O)CC1CSCCN1.Cl. The highest BCUT2D eigenvalue weighted by Crippen LogP contribution is 2.24. The molecule has 2 heterocycles. The van der Waals surface area contributed by atoms with Crippen LogP contribution in [0.2, 0.25) is 0 Å². The molecule has 0 spiro atoms. The monoisotopic (exact) mass is 334 g/mol. The van der Waals surface area contributed by atoms with Crippen molar-refractivity contribution in [2.75, 3.05) is 24.6 Å². The zero-order chi connectivity index (χ0) is 14.4. The molecule has 2 aliphatic rings. The maximum Gasteiger partial charge on any atom is 0.224 e. The van der Waals surface area contributed by atoms with Crippen molar-refractivity contribution < 1.29 is 4.79 Å². The number of rotatable bonds is 4. The van der Waals surface area contributed by atoms with Crippen LogP contribution >= 0.6 is 24.2 Å². The fourth-order valence-corrected chi connectivity index (χ4v) is 4.32. The summed E-state index contributed by atoms with van der Waals surface area (Å²) < 4.78 is 0. The number of nitrogens with zero attached hydrogens (tertiary/aromatic N) is 1. The molecule has 21 heavy (non-hydrogen) atoms. The smallest absolute Gasteiger partial charge is 0.224 e. The number of hydrogen-bond acceptors (Lipinski definition) is 3. The van der Waals surface area contributed by atoms with Gasteiger partial charge in [-0.05, 0) is 25.2 Å². The van der Waals surface area contributed by atoms with Gasteiger partial charge < -0.3 is 10.2 Å². The zero-order valence-electron chi connectivity index (χ0n) is 13.5. The first-order chi connectivity index (χ1) is 9.66. The number of hydrogen-bond donors (Lipinski definition) is 1. The highest BCUT2D eigenvalue weighted by Gasteiger charge is 2.28. The number of carbonyl (C=O) groups is 1. The van der Waals surface area contributed by atoms with Gasteiger partial charge >= 0.3 is 0 Å². The van der Waals surface area contributed by atoms with Gasteiger partial charge in [-0.25, -0.2) is 0 Å². The fraction of sp³-hybridized carbons (Fsp3) is 0.938. The minimum atomic E-state index is 0. The molecule has 3 nitrogen and oxygen atoms in total. The Morgan fingerprint density at radius 3 is 2.81 bits per heavy atom. The average molecular weight is 335 g/mol. The fourth-order valence-electron chi connectivity index (χ4n) is 3.37. The molecule has 0 aliphatic carbocycles. The molecule has 0 aromatic heterocycles. The molecule has 2 fully saturated rings. The Balaban J connectivity index is 0.00000220. The van der Waals surface area contributed by atoms with Crippen LogP contribution in [0.5, 0.6) is 0 Å². The summed E-state index contributed by atoms with van der Waals surface area (Å²) in [6.07, 6.45) is 6.83. The van der Waals surface area contributed by atoms with Crippen molar-refractivity contribution in [1.82, 2.24) is 10.2 Å². The number of carbonyl (C=O) groups excluding carboxylic acids is 1. The summed E-state index contributed by atoms with van der Waals surface area (Å²) in [6.45, 7) is 6.58. The van der Waals surface area contributed by atoms with Crippen LogP contribution in [-0.4, -0.2) is 47.5 Å². The van der Waals surface area contributed by atoms with Gasteiger partial charge in [0.05, 0.1) is 0 Å². The highest BCUT2D eigenvalue weighted by atomic mass is 35.5. The lowest BCUT2D eigenvalue weighted by atomic mass is 9.98. The Labute approximate surface area is 140 Å². The van der Waals surface area contributed by atoms with Crippen LogP contribution in [-0.2, 0) is 4.79 Å². The van der Waals surface area contributed by atoms with Gasteiger partial charge in [0, 0.05) is 43.1 Å². The number of amides is 1. The van der Waals surface area contributed by atoms with Gasteiger partial charge in [0.15, 0.2) is 0 Å². The van der Waals surface area contributed by atoms with E-state index in [4.69, 9.17) is 0 Å². The Kier molecular flexibility index (Phi) is 9.07. The van der Waals surface area contributed by atoms with E-state index in [2.05, 4.69) is 24.1 Å². The molecule has 1 amide bonds. The predicted octanol–water partition coefficient (Wildman–Crippen LogP) is 3.32. The zero-order valence-corrected chi connectivity index (χ0v) is 15.1. The quantitative estimate of drug-likeness (QED) is 0.856. The van der Waals surface area contributed by atoms with E-state index in [1.54, 1.807) is 0 Å². The van der Waals surface area contributed by atoms with Gasteiger partial charge in [0.25, 0.3) is 0 Å². The standard InChI is InChI=1S/C16H30N2OS.ClH/c1-13(2)10-15-6-4-3-5-8-18(15)16(19)11-14-12-20-9-7-17-14;/h13-15,17H,3-12H2,1-2H3;1H. The van der Waals surface area contributed by atoms with Crippen molar-refractivity contribution in [1.29, 1.82) is 0 Å². The summed E-state index contributed by atoms with van der Waals surface area (Å²) in [5.74, 6) is 3.34. The summed E-state index contributed by atoms with van der Waals surface area (Å²) in [5, 5.41) is 3.49. The maximum atomic E-state index is 12.7. The van der Waals surface area contributed by atoms with Crippen molar-refractivity contribution in [3.05, 3.63) is 0 Å². The molecule has 0 aromatic rings. The van der Waals surface area contributed by atoms with E-state index >= 15 is 0 Å². The molecular formula is C16H31ClN2OS. The van der Waals surface area contributed by atoms with Crippen LogP contribution in [0.1, 0.15) is 52.4 Å². The molecule has 0 radical (unpaired) electrons. The van der Waals surface area contributed by atoms with Crippen LogP contribution in [0.15, 0.2) is 0 Å². The molecule has 0 saturated carbocycles. The lowest BCUT2D eigenvalue weighted by Crippen LogP contribution is -2.46. The van der Waals surface area contributed by atoms with E-state index in [0.717, 1.165) is 18.8 Å². The molecule has 1 N–H and O–H groups in total. The Morgan fingerprint density at radius 1 is 1.33 bits per heavy atom. The lowest BCUT2D eigenvalue weighted by molar-refractivity contribution is -0.134. The molecule has 2 saturated heterocycles. The Hall–Kier alpha value is 0.0700. The van der Waals surface area contributed by atoms with Crippen molar-refractivity contribution in [2.45, 2.75) is 64.5 Å². The number of thioether (sulfide) groups is 1. The third-order valence-electron chi connectivity index (χ3n) is 4.36. The van der Waals surface area contributed by atoms with Crippen LogP contribution < -0.4 is 5.32 Å². The molecular weight excluding hydrogens is 304 g/mol. The van der Waals surface area contributed by atoms with Crippen LogP contribution in [0.4, 0.5) is 0 Å². The van der Waals surface area contributed by atoms with E-state index in [0.29, 0.717) is 30.3 Å². The molecule has 0 aromatic carbocycles. The van der Waals surface area contributed by atoms with Gasteiger partial charge in [0.2, 0.25) is 5.91 Å². The largest absolute Gasteiger partial charge is 0.340 e. The van der Waals surface area contributed by atoms with Gasteiger partial charge in [-0.3, -0.25) is 4.79 Å². The predicted molar refractivity (Wildman–Crippen MR) is 94.4 cm³/mol. The summed E-state index contributed by atoms with van der Waals surface area (Å²) in [5.41, 5.74) is 0. The molecule has 2 unspecified atom stereocenters. The van der Waals surface area contributed by atoms with E-state index in [9.17, 15) is 4.79 Å². The number of halogens is 1. The second kappa shape index (κ2) is 9.96. The minimum absolute atomic E-state index is 0. The molecule has 0 bridgehead atoms. The van der Waals surface area contributed by atoms with Crippen molar-refractivity contribution in [3.8, 4) is 0 Å². The topological polar surface area (TPSA) is 32.3 Å². The molecule has 124 valence electrons. The highest BCUT2D eigenvalue weighted by molar-refractivity contribution is 7.99. The van der Waals surface area contributed by atoms with Crippen molar-refractivity contribution in [2.24, 2.45) is 5.92 Å². The third-order valence-corrected chi connectivity index (χ3v) is 5.49. The first-order valence-electron chi connectivity index (χ1n) is 8.27. The third kappa shape index (κ3) is 6.37. The minimum Gasteiger partial charge on any atom is -0.340 e. The van der Waals surface area contributed by atoms with Gasteiger partial charge in [-0.2, -0.15) is 11.8 Å². The van der Waals surface area contributed by atoms with E-state index in [1.807, 2.05) is 11.8 Å². The van der Waals surface area contributed by atoms with Gasteiger partial charge in [-0.1, -0.05) is 26.7 Å². The van der Waals surface area contributed by atoms with Gasteiger partial charge in [0.1, 0.15) is 0 Å². The molecule has 2 atom stereocenters. The number of nitrogens with one attached hydrogen (secondary N) is 1. The first kappa shape index (κ1) is 19.1. The van der Waals surface area contributed by atoms with E-state index in [-0.39, 0.29) is 12.4 Å². The van der Waals surface area contributed by atoms with Crippen LogP contribution in [0.25, 0.3) is 0 Å². The molecule has 5 heteroatoms. The second-order valence-electron chi connectivity index (χ2n) is 6.65. The van der Waals surface area contributed by atoms with E-state index < -0.39 is 0 Å². The first-order valence-corrected chi connectivity index (χ1v) is 9.43. The van der Waals surface area contributed by atoms with Gasteiger partial charge in [-0.15, -0.1) is 12.4 Å². The lowest BCUT2D eigenvalue weighted by Gasteiger charge is -2.33. The average Bonchev–Trinajstić information content (AvgIpc) is 2.64. The van der Waals surface area contributed by atoms with E-state index in [1.165, 1.54) is 37.9 Å². The van der Waals surface area contributed by atoms with Crippen molar-refractivity contribution in [3.63, 3.8) is 0 Å². The normalized spacial score (nSPS) is 27.1. The molecule has 2 aliphatic heterocycles. The Bertz CT molecular complexity index is 309. The summed E-state index contributed by atoms with van der Waals surface area (Å²) in [6, 6.07) is 0.880. The van der Waals surface area contributed by atoms with Crippen LogP contribution in [0, 0.1) is 5.92 Å². The summed E-state index contributed by atoms with van der Waals surface area (Å²) in [4.78, 5) is 14.9. The second-order valence-corrected chi connectivity index (χ2v) is 7.80. The maximum absolute atomic E-state index is 12.7.